The second kappa shape index (κ2) is 7.12. The first-order chi connectivity index (χ1) is 6.59. The number of hydrogen-bond donors (Lipinski definition) is 1. The van der Waals surface area contributed by atoms with Crippen LogP contribution in [0.5, 0.6) is 0 Å². The number of methoxy groups -OCH3 is 1. The van der Waals surface area contributed by atoms with Crippen molar-refractivity contribution < 1.29 is 22.0 Å². The molecule has 15 heavy (non-hydrogen) atoms. The van der Waals surface area contributed by atoms with E-state index < -0.39 is 8.07 Å². The van der Waals surface area contributed by atoms with Crippen LogP contribution in [-0.2, 0) is 4.74 Å². The molecule has 1 N–H and O–H groups in total. The monoisotopic (exact) mass is 271 g/mol. The lowest BCUT2D eigenvalue weighted by Crippen LogP contribution is -3.16. The van der Waals surface area contributed by atoms with Crippen LogP contribution >= 0.6 is 11.6 Å². The van der Waals surface area contributed by atoms with Gasteiger partial charge in [-0.05, 0) is 0 Å². The molecule has 0 aromatic heterocycles. The third-order valence-electron chi connectivity index (χ3n) is 3.06. The quantitative estimate of drug-likeness (QED) is 0.439. The molecule has 0 amide bonds. The zero-order valence-corrected chi connectivity index (χ0v) is 12.5. The van der Waals surface area contributed by atoms with Gasteiger partial charge >= 0.3 is 0 Å². The van der Waals surface area contributed by atoms with Crippen LogP contribution in [0.1, 0.15) is 12.8 Å². The Hall–Kier alpha value is 0.717. The minimum absolute atomic E-state index is 0. The van der Waals surface area contributed by atoms with Crippen LogP contribution in [0, 0.1) is 0 Å². The summed E-state index contributed by atoms with van der Waals surface area (Å²) in [7, 11) is 0.665. The van der Waals surface area contributed by atoms with Crippen molar-refractivity contribution in [3.05, 3.63) is 0 Å². The van der Waals surface area contributed by atoms with Crippen molar-refractivity contribution in [2.24, 2.45) is 0 Å². The minimum atomic E-state index is -1.14. The highest BCUT2D eigenvalue weighted by molar-refractivity contribution is 6.82. The summed E-state index contributed by atoms with van der Waals surface area (Å²) in [4.78, 5) is 1.74. The van der Waals surface area contributed by atoms with Crippen molar-refractivity contribution in [1.82, 2.24) is 0 Å². The summed E-state index contributed by atoms with van der Waals surface area (Å²) < 4.78 is 5.27. The fraction of sp³-hybridized carbons (Fsp3) is 1.00. The number of hydrogen-bond acceptors (Lipinski definition) is 1. The highest BCUT2D eigenvalue weighted by Crippen LogP contribution is 2.05. The van der Waals surface area contributed by atoms with Gasteiger partial charge in [-0.15, -0.1) is 11.6 Å². The van der Waals surface area contributed by atoms with Crippen molar-refractivity contribution in [1.29, 1.82) is 0 Å². The Labute approximate surface area is 106 Å². The summed E-state index contributed by atoms with van der Waals surface area (Å²) in [5, 5.41) is 0. The van der Waals surface area contributed by atoms with Gasteiger partial charge in [0.2, 0.25) is 0 Å². The van der Waals surface area contributed by atoms with E-state index in [1.165, 1.54) is 25.6 Å². The maximum Gasteiger partial charge on any atom is 0.128 e. The zero-order valence-electron chi connectivity index (χ0n) is 9.98. The number of nitrogens with one attached hydrogen (secondary N) is 1. The Balaban J connectivity index is 0.00000196. The SMILES string of the molecule is COC[C@@H]1CCC[NH+]1C[Si](C)(C)CCl.[Cl-]. The van der Waals surface area contributed by atoms with Gasteiger partial charge in [0.1, 0.15) is 14.1 Å². The second-order valence-electron chi connectivity index (χ2n) is 5.18. The van der Waals surface area contributed by atoms with Gasteiger partial charge in [0.25, 0.3) is 0 Å². The molecule has 1 rings (SSSR count). The van der Waals surface area contributed by atoms with Gasteiger partial charge in [0.15, 0.2) is 0 Å². The summed E-state index contributed by atoms with van der Waals surface area (Å²) in [6, 6.07) is 0.731. The topological polar surface area (TPSA) is 13.7 Å². The summed E-state index contributed by atoms with van der Waals surface area (Å²) in [6.07, 6.45) is 4.00. The maximum atomic E-state index is 6.01. The van der Waals surface area contributed by atoms with Gasteiger partial charge in [-0.1, -0.05) is 13.1 Å². The molecule has 2 atom stereocenters. The molecule has 2 nitrogen and oxygen atoms in total. The molecule has 92 valence electrons. The smallest absolute Gasteiger partial charge is 0.128 e. The van der Waals surface area contributed by atoms with Crippen LogP contribution < -0.4 is 17.3 Å². The van der Waals surface area contributed by atoms with E-state index in [2.05, 4.69) is 13.1 Å². The van der Waals surface area contributed by atoms with Crippen LogP contribution in [0.3, 0.4) is 0 Å². The standard InChI is InChI=1S/C10H22ClNOSi.ClH/c1-13-7-10-5-4-6-12(10)9-14(2,3)8-11;/h10H,4-9H2,1-3H3;1H/t10-;/m0./s1. The van der Waals surface area contributed by atoms with Crippen LogP contribution in [-0.4, -0.2) is 46.0 Å². The van der Waals surface area contributed by atoms with E-state index in [1.807, 2.05) is 0 Å². The molecule has 1 aliphatic heterocycles. The molecule has 0 bridgehead atoms. The Morgan fingerprint density at radius 2 is 2.13 bits per heavy atom. The minimum Gasteiger partial charge on any atom is -1.00 e. The molecular formula is C10H23Cl2NOSi. The molecule has 1 fully saturated rings. The van der Waals surface area contributed by atoms with Crippen LogP contribution in [0.15, 0.2) is 0 Å². The van der Waals surface area contributed by atoms with Gasteiger partial charge in [0.05, 0.1) is 19.3 Å². The largest absolute Gasteiger partial charge is 1.00 e. The van der Waals surface area contributed by atoms with Gasteiger partial charge in [-0.25, -0.2) is 0 Å². The number of halogens is 2. The van der Waals surface area contributed by atoms with E-state index in [9.17, 15) is 0 Å². The fourth-order valence-electron chi connectivity index (χ4n) is 2.28. The van der Waals surface area contributed by atoms with Crippen LogP contribution in [0.4, 0.5) is 0 Å². The van der Waals surface area contributed by atoms with Gasteiger partial charge in [-0.3, -0.25) is 0 Å². The average Bonchev–Trinajstić information content (AvgIpc) is 2.53. The van der Waals surface area contributed by atoms with Crippen molar-refractivity contribution in [2.45, 2.75) is 32.0 Å². The van der Waals surface area contributed by atoms with E-state index in [-0.39, 0.29) is 12.4 Å². The van der Waals surface area contributed by atoms with E-state index in [1.54, 1.807) is 12.0 Å². The van der Waals surface area contributed by atoms with Crippen molar-refractivity contribution in [2.75, 3.05) is 31.9 Å². The van der Waals surface area contributed by atoms with Crippen molar-refractivity contribution >= 4 is 19.7 Å². The number of ether oxygens (including phenoxy) is 1. The number of rotatable bonds is 5. The summed E-state index contributed by atoms with van der Waals surface area (Å²) in [6.45, 7) is 7.01. The molecule has 5 heteroatoms. The van der Waals surface area contributed by atoms with Crippen LogP contribution in [0.25, 0.3) is 0 Å². The molecule has 0 saturated carbocycles. The molecule has 1 heterocycles. The highest BCUT2D eigenvalue weighted by atomic mass is 35.5. The molecular weight excluding hydrogens is 249 g/mol. The fourth-order valence-corrected chi connectivity index (χ4v) is 4.35. The van der Waals surface area contributed by atoms with E-state index in [0.29, 0.717) is 0 Å². The zero-order chi connectivity index (χ0) is 10.6. The predicted octanol–water partition coefficient (Wildman–Crippen LogP) is -2.29. The summed E-state index contributed by atoms with van der Waals surface area (Å²) in [5.74, 6) is 0. The molecule has 0 radical (unpaired) electrons. The predicted molar refractivity (Wildman–Crippen MR) is 63.8 cm³/mol. The van der Waals surface area contributed by atoms with E-state index in [0.717, 1.165) is 18.2 Å². The first kappa shape index (κ1) is 15.7. The third-order valence-corrected chi connectivity index (χ3v) is 7.37. The van der Waals surface area contributed by atoms with Gasteiger partial charge in [-0.2, -0.15) is 0 Å². The Morgan fingerprint density at radius 1 is 1.47 bits per heavy atom. The lowest BCUT2D eigenvalue weighted by Gasteiger charge is -2.28. The van der Waals surface area contributed by atoms with Crippen molar-refractivity contribution in [3.8, 4) is 0 Å². The molecule has 1 aliphatic rings. The molecule has 0 aliphatic carbocycles. The van der Waals surface area contributed by atoms with Crippen LogP contribution in [0.2, 0.25) is 13.1 Å². The first-order valence-electron chi connectivity index (χ1n) is 5.48. The van der Waals surface area contributed by atoms with Crippen molar-refractivity contribution in [3.63, 3.8) is 0 Å². The number of quaternary nitrogens is 1. The summed E-state index contributed by atoms with van der Waals surface area (Å²) >= 11 is 6.01. The molecule has 0 aromatic carbocycles. The lowest BCUT2D eigenvalue weighted by molar-refractivity contribution is -0.903. The Kier molecular flexibility index (Phi) is 7.46. The van der Waals surface area contributed by atoms with E-state index in [4.69, 9.17) is 16.3 Å². The number of alkyl halides is 1. The summed E-state index contributed by atoms with van der Waals surface area (Å²) in [5.41, 5.74) is 0.885. The first-order valence-corrected chi connectivity index (χ1v) is 9.43. The average molecular weight is 272 g/mol. The maximum absolute atomic E-state index is 6.01. The number of likely N-dealkylation sites (tertiary alicyclic amines) is 1. The highest BCUT2D eigenvalue weighted by Gasteiger charge is 2.34. The van der Waals surface area contributed by atoms with E-state index >= 15 is 0 Å². The third kappa shape index (κ3) is 5.05. The molecule has 1 saturated heterocycles. The van der Waals surface area contributed by atoms with Gasteiger partial charge in [0, 0.05) is 25.5 Å². The molecule has 0 spiro atoms. The Bertz CT molecular complexity index is 181. The Morgan fingerprint density at radius 3 is 2.67 bits per heavy atom. The lowest BCUT2D eigenvalue weighted by atomic mass is 10.2. The normalized spacial score (nSPS) is 26.4. The molecule has 0 aromatic rings. The second-order valence-corrected chi connectivity index (χ2v) is 10.9. The van der Waals surface area contributed by atoms with Gasteiger partial charge < -0.3 is 22.0 Å². The molecule has 1 unspecified atom stereocenters.